The van der Waals surface area contributed by atoms with Gasteiger partial charge in [-0.05, 0) is 12.2 Å². The minimum Gasteiger partial charge on any atom is -0.477 e. The Balaban J connectivity index is 4.41. The number of allylic oxidation sites excluding steroid dienone is 1. The molecular formula is C8H10N2O4. The van der Waals surface area contributed by atoms with Crippen LogP contribution in [-0.2, 0) is 14.3 Å². The third kappa shape index (κ3) is 4.70. The van der Waals surface area contributed by atoms with Crippen molar-refractivity contribution in [2.24, 2.45) is 5.73 Å². The van der Waals surface area contributed by atoms with Crippen molar-refractivity contribution in [3.05, 3.63) is 23.9 Å². The molecule has 0 bridgehead atoms. The number of nitrogens with one attached hydrogen (secondary N) is 1. The molecule has 0 aliphatic carbocycles. The molecule has 0 heterocycles. The minimum absolute atomic E-state index is 0.0113. The lowest BCUT2D eigenvalue weighted by atomic mass is 10.3. The molecule has 14 heavy (non-hydrogen) atoms. The number of rotatable bonds is 4. The number of hydrogen-bond acceptors (Lipinski definition) is 5. The van der Waals surface area contributed by atoms with Crippen molar-refractivity contribution < 1.29 is 19.4 Å². The highest BCUT2D eigenvalue weighted by Gasteiger charge is 2.02. The van der Waals surface area contributed by atoms with E-state index in [2.05, 4.69) is 4.74 Å². The fraction of sp³-hybridized carbons (Fsp3) is 0.125. The molecular weight excluding hydrogens is 188 g/mol. The minimum atomic E-state index is -1.39. The second-order valence-electron chi connectivity index (χ2n) is 2.22. The van der Waals surface area contributed by atoms with Gasteiger partial charge in [-0.2, -0.15) is 0 Å². The number of carbonyl (C=O) groups excluding carboxylic acids is 1. The predicted octanol–water partition coefficient (Wildman–Crippen LogP) is -0.337. The number of hydrogen-bond donors (Lipinski definition) is 3. The number of nitrogens with two attached hydrogens (primary N) is 1. The van der Waals surface area contributed by atoms with Crippen molar-refractivity contribution in [2.45, 2.75) is 0 Å². The van der Waals surface area contributed by atoms with E-state index in [1.54, 1.807) is 0 Å². The Bertz CT molecular complexity index is 317. The average molecular weight is 198 g/mol. The number of esters is 1. The van der Waals surface area contributed by atoms with E-state index in [4.69, 9.17) is 16.2 Å². The molecule has 0 aromatic heterocycles. The lowest BCUT2D eigenvalue weighted by Crippen LogP contribution is -2.10. The summed E-state index contributed by atoms with van der Waals surface area (Å²) in [4.78, 5) is 20.8. The van der Waals surface area contributed by atoms with Crippen LogP contribution in [0.15, 0.2) is 23.9 Å². The summed E-state index contributed by atoms with van der Waals surface area (Å²) in [5.74, 6) is -2.00. The zero-order valence-electron chi connectivity index (χ0n) is 7.48. The van der Waals surface area contributed by atoms with E-state index in [-0.39, 0.29) is 5.70 Å². The number of ether oxygens (including phenoxy) is 1. The SMILES string of the molecule is COC(=O)/C=C/C(N)=C/C(=N)C(=O)O. The second-order valence-corrected chi connectivity index (χ2v) is 2.22. The molecule has 0 aliphatic heterocycles. The first-order chi connectivity index (χ1) is 6.47. The number of carboxylic acid groups (broad SMARTS) is 1. The van der Waals surface area contributed by atoms with Crippen LogP contribution in [0.3, 0.4) is 0 Å². The van der Waals surface area contributed by atoms with E-state index in [0.29, 0.717) is 0 Å². The fourth-order valence-electron chi connectivity index (χ4n) is 0.509. The zero-order valence-corrected chi connectivity index (χ0v) is 7.48. The first-order valence-corrected chi connectivity index (χ1v) is 3.52. The van der Waals surface area contributed by atoms with Crippen LogP contribution >= 0.6 is 0 Å². The zero-order chi connectivity index (χ0) is 11.1. The molecule has 0 aromatic rings. The normalized spacial score (nSPS) is 11.4. The molecule has 6 nitrogen and oxygen atoms in total. The van der Waals surface area contributed by atoms with Crippen LogP contribution in [0.25, 0.3) is 0 Å². The molecule has 0 aromatic carbocycles. The van der Waals surface area contributed by atoms with E-state index < -0.39 is 17.7 Å². The van der Waals surface area contributed by atoms with Gasteiger partial charge in [0.05, 0.1) is 7.11 Å². The van der Waals surface area contributed by atoms with E-state index in [1.807, 2.05) is 0 Å². The smallest absolute Gasteiger partial charge is 0.353 e. The lowest BCUT2D eigenvalue weighted by Gasteiger charge is -1.93. The summed E-state index contributed by atoms with van der Waals surface area (Å²) >= 11 is 0. The summed E-state index contributed by atoms with van der Waals surface area (Å²) in [5.41, 5.74) is 4.61. The van der Waals surface area contributed by atoms with Gasteiger partial charge in [0, 0.05) is 11.8 Å². The Hall–Kier alpha value is -2.11. The molecule has 0 radical (unpaired) electrons. The molecule has 0 atom stereocenters. The van der Waals surface area contributed by atoms with Gasteiger partial charge in [-0.15, -0.1) is 0 Å². The van der Waals surface area contributed by atoms with Gasteiger partial charge in [0.15, 0.2) is 0 Å². The van der Waals surface area contributed by atoms with Crippen LogP contribution in [0.1, 0.15) is 0 Å². The van der Waals surface area contributed by atoms with Gasteiger partial charge < -0.3 is 15.6 Å². The molecule has 0 saturated heterocycles. The van der Waals surface area contributed by atoms with Crippen molar-refractivity contribution >= 4 is 17.7 Å². The maximum atomic E-state index is 10.6. The van der Waals surface area contributed by atoms with E-state index >= 15 is 0 Å². The van der Waals surface area contributed by atoms with Gasteiger partial charge in [0.2, 0.25) is 0 Å². The van der Waals surface area contributed by atoms with Gasteiger partial charge in [0.1, 0.15) is 5.71 Å². The molecule has 4 N–H and O–H groups in total. The van der Waals surface area contributed by atoms with Crippen LogP contribution in [0.2, 0.25) is 0 Å². The monoisotopic (exact) mass is 198 g/mol. The van der Waals surface area contributed by atoms with Gasteiger partial charge in [0.25, 0.3) is 0 Å². The van der Waals surface area contributed by atoms with E-state index in [0.717, 1.165) is 18.2 Å². The van der Waals surface area contributed by atoms with Crippen LogP contribution in [-0.4, -0.2) is 29.9 Å². The Morgan fingerprint density at radius 1 is 1.43 bits per heavy atom. The first kappa shape index (κ1) is 11.9. The van der Waals surface area contributed by atoms with Gasteiger partial charge in [-0.25, -0.2) is 9.59 Å². The maximum absolute atomic E-state index is 10.6. The number of methoxy groups -OCH3 is 1. The number of carboxylic acids is 1. The predicted molar refractivity (Wildman–Crippen MR) is 48.8 cm³/mol. The molecule has 0 rings (SSSR count). The molecule has 0 unspecified atom stereocenters. The highest BCUT2D eigenvalue weighted by atomic mass is 16.5. The summed E-state index contributed by atoms with van der Waals surface area (Å²) in [6.45, 7) is 0. The van der Waals surface area contributed by atoms with Gasteiger partial charge >= 0.3 is 11.9 Å². The third-order valence-corrected chi connectivity index (χ3v) is 1.15. The molecule has 0 spiro atoms. The van der Waals surface area contributed by atoms with Crippen molar-refractivity contribution in [3.63, 3.8) is 0 Å². The molecule has 0 fully saturated rings. The largest absolute Gasteiger partial charge is 0.477 e. The standard InChI is InChI=1S/C8H10N2O4/c1-14-7(11)3-2-5(9)4-6(10)8(12)13/h2-4,10H,9H2,1H3,(H,12,13)/b3-2+,5-4-,10-6?. The summed E-state index contributed by atoms with van der Waals surface area (Å²) in [6, 6.07) is 0. The summed E-state index contributed by atoms with van der Waals surface area (Å²) < 4.78 is 4.27. The maximum Gasteiger partial charge on any atom is 0.353 e. The van der Waals surface area contributed by atoms with E-state index in [9.17, 15) is 9.59 Å². The molecule has 0 saturated carbocycles. The van der Waals surface area contributed by atoms with Gasteiger partial charge in [-0.3, -0.25) is 5.41 Å². The molecule has 6 heteroatoms. The van der Waals surface area contributed by atoms with Crippen molar-refractivity contribution in [1.29, 1.82) is 5.41 Å². The third-order valence-electron chi connectivity index (χ3n) is 1.15. The number of carbonyl (C=O) groups is 2. The second kappa shape index (κ2) is 5.52. The highest BCUT2D eigenvalue weighted by molar-refractivity contribution is 6.39. The fourth-order valence-corrected chi connectivity index (χ4v) is 0.509. The Morgan fingerprint density at radius 2 is 2.00 bits per heavy atom. The van der Waals surface area contributed by atoms with Crippen molar-refractivity contribution in [2.75, 3.05) is 7.11 Å². The number of aliphatic carboxylic acids is 1. The van der Waals surface area contributed by atoms with Crippen molar-refractivity contribution in [1.82, 2.24) is 0 Å². The molecule has 0 amide bonds. The summed E-state index contributed by atoms with van der Waals surface area (Å²) in [5, 5.41) is 15.2. The lowest BCUT2D eigenvalue weighted by molar-refractivity contribution is -0.135. The highest BCUT2D eigenvalue weighted by Crippen LogP contribution is 1.90. The molecule has 0 aliphatic rings. The topological polar surface area (TPSA) is 113 Å². The van der Waals surface area contributed by atoms with Crippen LogP contribution in [0, 0.1) is 5.41 Å². The van der Waals surface area contributed by atoms with E-state index in [1.165, 1.54) is 7.11 Å². The summed E-state index contributed by atoms with van der Waals surface area (Å²) in [7, 11) is 1.20. The Labute approximate surface area is 80.2 Å². The first-order valence-electron chi connectivity index (χ1n) is 3.52. The van der Waals surface area contributed by atoms with Gasteiger partial charge in [-0.1, -0.05) is 0 Å². The van der Waals surface area contributed by atoms with Crippen LogP contribution in [0.4, 0.5) is 0 Å². The molecule has 76 valence electrons. The van der Waals surface area contributed by atoms with Crippen LogP contribution < -0.4 is 5.73 Å². The Kier molecular flexibility index (Phi) is 4.69. The Morgan fingerprint density at radius 3 is 2.43 bits per heavy atom. The average Bonchev–Trinajstić information content (AvgIpc) is 2.13. The summed E-state index contributed by atoms with van der Waals surface area (Å²) in [6.07, 6.45) is 3.10. The van der Waals surface area contributed by atoms with Crippen LogP contribution in [0.5, 0.6) is 0 Å². The quantitative estimate of drug-likeness (QED) is 0.247. The van der Waals surface area contributed by atoms with Crippen molar-refractivity contribution in [3.8, 4) is 0 Å².